The monoisotopic (exact) mass is 301 g/mol. The molecule has 0 saturated heterocycles. The van der Waals surface area contributed by atoms with Gasteiger partial charge in [-0.05, 0) is 36.6 Å². The van der Waals surface area contributed by atoms with Crippen LogP contribution in [0.3, 0.4) is 0 Å². The largest absolute Gasteiger partial charge is 0.377 e. The lowest BCUT2D eigenvalue weighted by Gasteiger charge is -2.21. The van der Waals surface area contributed by atoms with E-state index in [-0.39, 0.29) is 0 Å². The Morgan fingerprint density at radius 1 is 1.05 bits per heavy atom. The maximum Gasteiger partial charge on any atom is 0.0640 e. The third-order valence-electron chi connectivity index (χ3n) is 3.75. The number of nitrogens with one attached hydrogen (secondary N) is 1. The average molecular weight is 302 g/mol. The predicted molar refractivity (Wildman–Crippen MR) is 93.1 cm³/mol. The van der Waals surface area contributed by atoms with Gasteiger partial charge < -0.3 is 5.32 Å². The Morgan fingerprint density at radius 2 is 1.81 bits per heavy atom. The summed E-state index contributed by atoms with van der Waals surface area (Å²) in [5.74, 6) is 0. The Hall–Kier alpha value is -1.47. The fourth-order valence-electron chi connectivity index (χ4n) is 2.53. The lowest BCUT2D eigenvalue weighted by molar-refractivity contribution is 0.606. The number of aryl methyl sites for hydroxylation is 1. The SMILES string of the molecule is CCCCCC(Nc1ccc(C)cc1Cl)c1ccccc1. The van der Waals surface area contributed by atoms with Gasteiger partial charge in [0, 0.05) is 0 Å². The second-order valence-corrected chi connectivity index (χ2v) is 5.99. The van der Waals surface area contributed by atoms with Crippen molar-refractivity contribution in [3.05, 3.63) is 64.7 Å². The van der Waals surface area contributed by atoms with Gasteiger partial charge in [-0.1, -0.05) is 74.2 Å². The first kappa shape index (κ1) is 15.9. The molecule has 0 amide bonds. The van der Waals surface area contributed by atoms with Crippen LogP contribution in [0.15, 0.2) is 48.5 Å². The Balaban J connectivity index is 2.15. The van der Waals surface area contributed by atoms with E-state index in [9.17, 15) is 0 Å². The minimum absolute atomic E-state index is 0.318. The van der Waals surface area contributed by atoms with E-state index in [2.05, 4.69) is 61.6 Å². The summed E-state index contributed by atoms with van der Waals surface area (Å²) in [4.78, 5) is 0. The standard InChI is InChI=1S/C19H24ClN/c1-3-4-6-11-18(16-9-7-5-8-10-16)21-19-13-12-15(2)14-17(19)20/h5,7-10,12-14,18,21H,3-4,6,11H2,1-2H3. The molecule has 0 aliphatic carbocycles. The highest BCUT2D eigenvalue weighted by molar-refractivity contribution is 6.33. The second kappa shape index (κ2) is 8.09. The number of anilines is 1. The first-order valence-electron chi connectivity index (χ1n) is 7.78. The molecule has 21 heavy (non-hydrogen) atoms. The number of unbranched alkanes of at least 4 members (excludes halogenated alkanes) is 2. The molecule has 0 bridgehead atoms. The highest BCUT2D eigenvalue weighted by atomic mass is 35.5. The van der Waals surface area contributed by atoms with Crippen molar-refractivity contribution in [3.63, 3.8) is 0 Å². The zero-order valence-electron chi connectivity index (χ0n) is 12.9. The van der Waals surface area contributed by atoms with Gasteiger partial charge in [0.05, 0.1) is 16.8 Å². The fraction of sp³-hybridized carbons (Fsp3) is 0.368. The molecule has 0 saturated carbocycles. The van der Waals surface area contributed by atoms with E-state index in [1.807, 2.05) is 6.07 Å². The normalized spacial score (nSPS) is 12.1. The molecule has 0 aliphatic rings. The summed E-state index contributed by atoms with van der Waals surface area (Å²) >= 11 is 6.36. The topological polar surface area (TPSA) is 12.0 Å². The molecule has 0 fully saturated rings. The lowest BCUT2D eigenvalue weighted by Crippen LogP contribution is -2.11. The van der Waals surface area contributed by atoms with Crippen molar-refractivity contribution in [3.8, 4) is 0 Å². The molecule has 2 aromatic carbocycles. The molecule has 2 rings (SSSR count). The summed E-state index contributed by atoms with van der Waals surface area (Å²) in [5, 5.41) is 4.42. The molecule has 0 spiro atoms. The van der Waals surface area contributed by atoms with Crippen LogP contribution in [-0.4, -0.2) is 0 Å². The first-order chi connectivity index (χ1) is 10.2. The van der Waals surface area contributed by atoms with Crippen LogP contribution >= 0.6 is 11.6 Å². The van der Waals surface area contributed by atoms with Crippen LogP contribution in [0.2, 0.25) is 5.02 Å². The molecule has 0 heterocycles. The minimum Gasteiger partial charge on any atom is -0.377 e. The van der Waals surface area contributed by atoms with Crippen LogP contribution in [0, 0.1) is 6.92 Å². The second-order valence-electron chi connectivity index (χ2n) is 5.59. The smallest absolute Gasteiger partial charge is 0.0640 e. The van der Waals surface area contributed by atoms with Gasteiger partial charge in [0.15, 0.2) is 0 Å². The molecule has 1 nitrogen and oxygen atoms in total. The van der Waals surface area contributed by atoms with Crippen molar-refractivity contribution < 1.29 is 0 Å². The van der Waals surface area contributed by atoms with Gasteiger partial charge in [0.25, 0.3) is 0 Å². The van der Waals surface area contributed by atoms with Crippen LogP contribution in [-0.2, 0) is 0 Å². The van der Waals surface area contributed by atoms with Crippen LogP contribution < -0.4 is 5.32 Å². The number of halogens is 1. The van der Waals surface area contributed by atoms with Crippen molar-refractivity contribution >= 4 is 17.3 Å². The van der Waals surface area contributed by atoms with E-state index in [1.54, 1.807) is 0 Å². The molecule has 0 radical (unpaired) electrons. The van der Waals surface area contributed by atoms with Gasteiger partial charge in [-0.2, -0.15) is 0 Å². The summed E-state index contributed by atoms with van der Waals surface area (Å²) in [7, 11) is 0. The third-order valence-corrected chi connectivity index (χ3v) is 4.07. The van der Waals surface area contributed by atoms with E-state index in [0.717, 1.165) is 17.1 Å². The molecule has 0 aliphatic heterocycles. The van der Waals surface area contributed by atoms with Crippen LogP contribution in [0.1, 0.15) is 49.8 Å². The van der Waals surface area contributed by atoms with E-state index >= 15 is 0 Å². The number of hydrogen-bond acceptors (Lipinski definition) is 1. The van der Waals surface area contributed by atoms with Crippen LogP contribution in [0.5, 0.6) is 0 Å². The quantitative estimate of drug-likeness (QED) is 0.585. The van der Waals surface area contributed by atoms with E-state index in [4.69, 9.17) is 11.6 Å². The summed E-state index contributed by atoms with van der Waals surface area (Å²) in [6.07, 6.45) is 4.87. The highest BCUT2D eigenvalue weighted by Gasteiger charge is 2.12. The van der Waals surface area contributed by atoms with Crippen molar-refractivity contribution in [2.24, 2.45) is 0 Å². The van der Waals surface area contributed by atoms with Crippen LogP contribution in [0.25, 0.3) is 0 Å². The Labute approximate surface area is 133 Å². The van der Waals surface area contributed by atoms with Gasteiger partial charge in [0.1, 0.15) is 0 Å². The first-order valence-corrected chi connectivity index (χ1v) is 8.16. The Kier molecular flexibility index (Phi) is 6.13. The molecule has 1 atom stereocenters. The molecule has 112 valence electrons. The Bertz CT molecular complexity index is 551. The van der Waals surface area contributed by atoms with Gasteiger partial charge in [-0.3, -0.25) is 0 Å². The summed E-state index contributed by atoms with van der Waals surface area (Å²) < 4.78 is 0. The van der Waals surface area contributed by atoms with Crippen molar-refractivity contribution in [2.45, 2.75) is 45.6 Å². The van der Waals surface area contributed by atoms with E-state index < -0.39 is 0 Å². The van der Waals surface area contributed by atoms with E-state index in [1.165, 1.54) is 30.4 Å². The van der Waals surface area contributed by atoms with Gasteiger partial charge >= 0.3 is 0 Å². The zero-order chi connectivity index (χ0) is 15.1. The maximum absolute atomic E-state index is 6.36. The third kappa shape index (κ3) is 4.78. The maximum atomic E-state index is 6.36. The van der Waals surface area contributed by atoms with Crippen molar-refractivity contribution in [1.82, 2.24) is 0 Å². The van der Waals surface area contributed by atoms with Gasteiger partial charge in [-0.15, -0.1) is 0 Å². The van der Waals surface area contributed by atoms with Crippen LogP contribution in [0.4, 0.5) is 5.69 Å². The Morgan fingerprint density at radius 3 is 2.48 bits per heavy atom. The molecular formula is C19H24ClN. The molecule has 0 aromatic heterocycles. The number of benzene rings is 2. The summed E-state index contributed by atoms with van der Waals surface area (Å²) in [6, 6.07) is 17.1. The highest BCUT2D eigenvalue weighted by Crippen LogP contribution is 2.29. The number of hydrogen-bond donors (Lipinski definition) is 1. The van der Waals surface area contributed by atoms with E-state index in [0.29, 0.717) is 6.04 Å². The summed E-state index contributed by atoms with van der Waals surface area (Å²) in [5.41, 5.74) is 3.53. The molecular weight excluding hydrogens is 278 g/mol. The summed E-state index contributed by atoms with van der Waals surface area (Å²) in [6.45, 7) is 4.30. The van der Waals surface area contributed by atoms with Crippen molar-refractivity contribution in [1.29, 1.82) is 0 Å². The zero-order valence-corrected chi connectivity index (χ0v) is 13.7. The minimum atomic E-state index is 0.318. The molecule has 2 heteroatoms. The fourth-order valence-corrected chi connectivity index (χ4v) is 2.82. The molecule has 2 aromatic rings. The molecule has 1 N–H and O–H groups in total. The molecule has 1 unspecified atom stereocenters. The van der Waals surface area contributed by atoms with Crippen molar-refractivity contribution in [2.75, 3.05) is 5.32 Å². The van der Waals surface area contributed by atoms with Gasteiger partial charge in [-0.25, -0.2) is 0 Å². The number of rotatable bonds is 7. The van der Waals surface area contributed by atoms with Gasteiger partial charge in [0.2, 0.25) is 0 Å². The lowest BCUT2D eigenvalue weighted by atomic mass is 10.00. The predicted octanol–water partition coefficient (Wildman–Crippen LogP) is 6.38. The average Bonchev–Trinajstić information content (AvgIpc) is 2.49.